The van der Waals surface area contributed by atoms with Gasteiger partial charge in [-0.05, 0) is 70.7 Å². The van der Waals surface area contributed by atoms with Crippen molar-refractivity contribution in [1.82, 2.24) is 5.43 Å². The van der Waals surface area contributed by atoms with E-state index in [9.17, 15) is 4.79 Å². The second-order valence-electron chi connectivity index (χ2n) is 5.37. The second-order valence-corrected chi connectivity index (χ2v) is 6.63. The molecule has 2 rings (SSSR count). The number of methoxy groups -OCH3 is 1. The molecule has 0 saturated carbocycles. The molecule has 0 fully saturated rings. The number of hydrogen-bond acceptors (Lipinski definition) is 4. The van der Waals surface area contributed by atoms with Crippen LogP contribution in [0.1, 0.15) is 16.7 Å². The molecule has 0 aliphatic rings. The molecule has 7 heteroatoms. The number of carbonyl (C=O) groups excluding carboxylic acids is 1. The third-order valence-corrected chi connectivity index (χ3v) is 4.18. The highest BCUT2D eigenvalue weighted by Crippen LogP contribution is 2.30. The largest absolute Gasteiger partial charge is 0.495 e. The van der Waals surface area contributed by atoms with E-state index in [1.54, 1.807) is 25.3 Å². The highest BCUT2D eigenvalue weighted by Gasteiger charge is 2.09. The number of nitrogens with one attached hydrogen (secondary N) is 1. The fraction of sp³-hybridized carbons (Fsp3) is 0.222. The predicted octanol–water partition coefficient (Wildman–Crippen LogP) is 4.26. The Morgan fingerprint density at radius 3 is 2.72 bits per heavy atom. The maximum absolute atomic E-state index is 11.9. The number of halogens is 2. The van der Waals surface area contributed by atoms with Gasteiger partial charge in [0.25, 0.3) is 5.91 Å². The number of hydrogen-bond donors (Lipinski definition) is 1. The Hall–Kier alpha value is -2.05. The Labute approximate surface area is 160 Å². The predicted molar refractivity (Wildman–Crippen MR) is 103 cm³/mol. The van der Waals surface area contributed by atoms with E-state index in [4.69, 9.17) is 21.1 Å². The first-order chi connectivity index (χ1) is 11.9. The third-order valence-electron chi connectivity index (χ3n) is 3.30. The van der Waals surface area contributed by atoms with Gasteiger partial charge in [-0.3, -0.25) is 4.79 Å². The van der Waals surface area contributed by atoms with Crippen LogP contribution in [0.25, 0.3) is 0 Å². The van der Waals surface area contributed by atoms with Crippen LogP contribution in [0, 0.1) is 13.8 Å². The molecule has 0 aliphatic heterocycles. The van der Waals surface area contributed by atoms with Gasteiger partial charge in [-0.25, -0.2) is 5.43 Å². The fourth-order valence-corrected chi connectivity index (χ4v) is 3.25. The van der Waals surface area contributed by atoms with Gasteiger partial charge in [0.1, 0.15) is 11.5 Å². The van der Waals surface area contributed by atoms with Crippen LogP contribution in [-0.2, 0) is 4.79 Å². The minimum atomic E-state index is -0.359. The SMILES string of the molecule is COc1ccc(/C=N/NC(=O)COc2c(C)cc(C)cc2Br)cc1Cl. The summed E-state index contributed by atoms with van der Waals surface area (Å²) in [4.78, 5) is 11.9. The number of hydrazone groups is 1. The van der Waals surface area contributed by atoms with E-state index in [1.807, 2.05) is 26.0 Å². The van der Waals surface area contributed by atoms with Gasteiger partial charge in [-0.15, -0.1) is 0 Å². The standard InChI is InChI=1S/C18H18BrClN2O3/c1-11-6-12(2)18(14(19)7-11)25-10-17(23)22-21-9-13-4-5-16(24-3)15(20)8-13/h4-9H,10H2,1-3H3,(H,22,23)/b21-9+. The lowest BCUT2D eigenvalue weighted by Crippen LogP contribution is -2.24. The molecule has 0 saturated heterocycles. The topological polar surface area (TPSA) is 59.9 Å². The van der Waals surface area contributed by atoms with Crippen molar-refractivity contribution < 1.29 is 14.3 Å². The van der Waals surface area contributed by atoms with Crippen LogP contribution in [-0.4, -0.2) is 25.8 Å². The minimum Gasteiger partial charge on any atom is -0.495 e. The molecule has 25 heavy (non-hydrogen) atoms. The average molecular weight is 426 g/mol. The smallest absolute Gasteiger partial charge is 0.277 e. The van der Waals surface area contributed by atoms with E-state index in [0.717, 1.165) is 21.2 Å². The van der Waals surface area contributed by atoms with Crippen molar-refractivity contribution in [2.24, 2.45) is 5.10 Å². The zero-order valence-electron chi connectivity index (χ0n) is 14.1. The van der Waals surface area contributed by atoms with Crippen LogP contribution in [0.5, 0.6) is 11.5 Å². The molecule has 0 spiro atoms. The van der Waals surface area contributed by atoms with Crippen molar-refractivity contribution in [3.63, 3.8) is 0 Å². The summed E-state index contributed by atoms with van der Waals surface area (Å²) in [5.41, 5.74) is 5.23. The first kappa shape index (κ1) is 19.3. The summed E-state index contributed by atoms with van der Waals surface area (Å²) in [6, 6.07) is 9.13. The number of amides is 1. The first-order valence-electron chi connectivity index (χ1n) is 7.45. The molecule has 1 amide bonds. The van der Waals surface area contributed by atoms with Gasteiger partial charge in [0, 0.05) is 0 Å². The minimum absolute atomic E-state index is 0.136. The van der Waals surface area contributed by atoms with Crippen LogP contribution in [0.2, 0.25) is 5.02 Å². The molecule has 132 valence electrons. The molecule has 2 aromatic carbocycles. The lowest BCUT2D eigenvalue weighted by atomic mass is 10.1. The monoisotopic (exact) mass is 424 g/mol. The highest BCUT2D eigenvalue weighted by molar-refractivity contribution is 9.10. The number of aryl methyl sites for hydroxylation is 2. The van der Waals surface area contributed by atoms with Gasteiger partial charge < -0.3 is 9.47 Å². The van der Waals surface area contributed by atoms with Gasteiger partial charge in [-0.1, -0.05) is 17.7 Å². The van der Waals surface area contributed by atoms with E-state index in [2.05, 4.69) is 26.5 Å². The molecule has 0 atom stereocenters. The summed E-state index contributed by atoms with van der Waals surface area (Å²) in [5, 5.41) is 4.37. The number of benzene rings is 2. The van der Waals surface area contributed by atoms with Gasteiger partial charge in [0.15, 0.2) is 6.61 Å². The van der Waals surface area contributed by atoms with Gasteiger partial charge in [-0.2, -0.15) is 5.10 Å². The van der Waals surface area contributed by atoms with E-state index in [0.29, 0.717) is 16.5 Å². The molecule has 0 bridgehead atoms. The first-order valence-corrected chi connectivity index (χ1v) is 8.62. The van der Waals surface area contributed by atoms with E-state index >= 15 is 0 Å². The van der Waals surface area contributed by atoms with Crippen molar-refractivity contribution in [3.05, 3.63) is 56.5 Å². The molecule has 0 aliphatic carbocycles. The molecule has 5 nitrogen and oxygen atoms in total. The van der Waals surface area contributed by atoms with Gasteiger partial charge in [0.2, 0.25) is 0 Å². The van der Waals surface area contributed by atoms with Gasteiger partial charge in [0.05, 0.1) is 22.8 Å². The summed E-state index contributed by atoms with van der Waals surface area (Å²) in [5.74, 6) is 0.865. The van der Waals surface area contributed by atoms with E-state index in [-0.39, 0.29) is 12.5 Å². The zero-order chi connectivity index (χ0) is 18.4. The Morgan fingerprint density at radius 1 is 1.32 bits per heavy atom. The number of nitrogens with zero attached hydrogens (tertiary/aromatic N) is 1. The fourth-order valence-electron chi connectivity index (χ4n) is 2.20. The molecular weight excluding hydrogens is 408 g/mol. The Bertz CT molecular complexity index is 786. The normalized spacial score (nSPS) is 10.8. The van der Waals surface area contributed by atoms with Crippen molar-refractivity contribution in [2.75, 3.05) is 13.7 Å². The van der Waals surface area contributed by atoms with Crippen molar-refractivity contribution in [2.45, 2.75) is 13.8 Å². The van der Waals surface area contributed by atoms with Crippen molar-refractivity contribution >= 4 is 39.7 Å². The lowest BCUT2D eigenvalue weighted by Gasteiger charge is -2.11. The summed E-state index contributed by atoms with van der Waals surface area (Å²) >= 11 is 9.47. The number of ether oxygens (including phenoxy) is 2. The molecule has 0 heterocycles. The number of rotatable bonds is 6. The van der Waals surface area contributed by atoms with Crippen LogP contribution >= 0.6 is 27.5 Å². The molecule has 0 radical (unpaired) electrons. The maximum Gasteiger partial charge on any atom is 0.277 e. The molecule has 0 aromatic heterocycles. The van der Waals surface area contributed by atoms with E-state index < -0.39 is 0 Å². The quantitative estimate of drug-likeness (QED) is 0.556. The average Bonchev–Trinajstić information content (AvgIpc) is 2.54. The zero-order valence-corrected chi connectivity index (χ0v) is 16.4. The number of carbonyl (C=O) groups is 1. The molecule has 2 aromatic rings. The van der Waals surface area contributed by atoms with Crippen LogP contribution < -0.4 is 14.9 Å². The highest BCUT2D eigenvalue weighted by atomic mass is 79.9. The van der Waals surface area contributed by atoms with E-state index in [1.165, 1.54) is 6.21 Å². The Kier molecular flexibility index (Phi) is 6.84. The summed E-state index contributed by atoms with van der Waals surface area (Å²) in [6.45, 7) is 3.79. The van der Waals surface area contributed by atoms with Gasteiger partial charge >= 0.3 is 0 Å². The molecule has 0 unspecified atom stereocenters. The van der Waals surface area contributed by atoms with Crippen LogP contribution in [0.15, 0.2) is 39.9 Å². The molecular formula is C18H18BrClN2O3. The van der Waals surface area contributed by atoms with Crippen molar-refractivity contribution in [3.8, 4) is 11.5 Å². The van der Waals surface area contributed by atoms with Crippen molar-refractivity contribution in [1.29, 1.82) is 0 Å². The second kappa shape index (κ2) is 8.87. The van der Waals surface area contributed by atoms with Crippen LogP contribution in [0.3, 0.4) is 0 Å². The summed E-state index contributed by atoms with van der Waals surface area (Å²) in [7, 11) is 1.54. The third kappa shape index (κ3) is 5.47. The Morgan fingerprint density at radius 2 is 2.08 bits per heavy atom. The summed E-state index contributed by atoms with van der Waals surface area (Å²) in [6.07, 6.45) is 1.50. The maximum atomic E-state index is 11.9. The summed E-state index contributed by atoms with van der Waals surface area (Å²) < 4.78 is 11.5. The molecule has 1 N–H and O–H groups in total. The lowest BCUT2D eigenvalue weighted by molar-refractivity contribution is -0.123. The Balaban J connectivity index is 1.90. The van der Waals surface area contributed by atoms with Crippen LogP contribution in [0.4, 0.5) is 0 Å².